The highest BCUT2D eigenvalue weighted by Crippen LogP contribution is 2.27. The zero-order valence-electron chi connectivity index (χ0n) is 13.9. The normalized spacial score (nSPS) is 27.1. The van der Waals surface area contributed by atoms with E-state index in [2.05, 4.69) is 22.6 Å². The minimum Gasteiger partial charge on any atom is -0.367 e. The van der Waals surface area contributed by atoms with Crippen LogP contribution in [0, 0.1) is 0 Å². The summed E-state index contributed by atoms with van der Waals surface area (Å²) in [4.78, 5) is 0. The molecule has 130 valence electrons. The van der Waals surface area contributed by atoms with Gasteiger partial charge in [0.15, 0.2) is 6.29 Å². The molecule has 23 heavy (non-hydrogen) atoms. The van der Waals surface area contributed by atoms with Gasteiger partial charge in [-0.2, -0.15) is 0 Å². The number of aliphatic hydroxyl groups excluding tert-OH is 1. The van der Waals surface area contributed by atoms with E-state index in [1.807, 2.05) is 55.4 Å². The largest absolute Gasteiger partial charge is 0.367 e. The molecule has 0 amide bonds. The Labute approximate surface area is 155 Å². The minimum atomic E-state index is -1.13. The maximum atomic E-state index is 12.9. The first-order valence-corrected chi connectivity index (χ1v) is 10.3. The van der Waals surface area contributed by atoms with Gasteiger partial charge in [-0.05, 0) is 39.2 Å². The second kappa shape index (κ2) is 8.38. The highest BCUT2D eigenvalue weighted by Gasteiger charge is 2.33. The molecule has 1 heterocycles. The van der Waals surface area contributed by atoms with E-state index in [-0.39, 0.29) is 14.8 Å². The SMILES string of the molecule is CC(C)(C)S(=O)N(Cc1ccccc1)CC1CCC(I)C(O)O1. The van der Waals surface area contributed by atoms with Crippen LogP contribution in [0.25, 0.3) is 0 Å². The Morgan fingerprint density at radius 1 is 1.30 bits per heavy atom. The number of nitrogens with zero attached hydrogens (tertiary/aromatic N) is 1. The lowest BCUT2D eigenvalue weighted by molar-refractivity contribution is -0.157. The first-order chi connectivity index (χ1) is 10.8. The van der Waals surface area contributed by atoms with Crippen LogP contribution in [0.2, 0.25) is 0 Å². The molecule has 6 heteroatoms. The third-order valence-corrected chi connectivity index (χ3v) is 6.81. The van der Waals surface area contributed by atoms with Crippen molar-refractivity contribution in [2.75, 3.05) is 6.54 Å². The third kappa shape index (κ3) is 5.77. The van der Waals surface area contributed by atoms with E-state index < -0.39 is 17.3 Å². The van der Waals surface area contributed by atoms with E-state index in [1.165, 1.54) is 0 Å². The number of alkyl halides is 1. The van der Waals surface area contributed by atoms with Crippen molar-refractivity contribution in [2.24, 2.45) is 0 Å². The fraction of sp³-hybridized carbons (Fsp3) is 0.647. The second-order valence-corrected chi connectivity index (χ2v) is 10.8. The molecule has 1 aliphatic heterocycles. The fourth-order valence-corrected chi connectivity index (χ4v) is 4.44. The first kappa shape index (κ1) is 19.3. The van der Waals surface area contributed by atoms with Crippen molar-refractivity contribution in [1.29, 1.82) is 0 Å². The lowest BCUT2D eigenvalue weighted by Gasteiger charge is -2.35. The quantitative estimate of drug-likeness (QED) is 0.553. The summed E-state index contributed by atoms with van der Waals surface area (Å²) in [6.07, 6.45) is 1.01. The van der Waals surface area contributed by atoms with Gasteiger partial charge in [0, 0.05) is 13.1 Å². The van der Waals surface area contributed by atoms with Gasteiger partial charge in [0.25, 0.3) is 0 Å². The molecular formula is C17H26INO3S. The van der Waals surface area contributed by atoms with E-state index in [0.717, 1.165) is 18.4 Å². The van der Waals surface area contributed by atoms with E-state index in [1.54, 1.807) is 0 Å². The molecule has 1 aromatic rings. The third-order valence-electron chi connectivity index (χ3n) is 3.77. The number of aliphatic hydroxyl groups is 1. The monoisotopic (exact) mass is 451 g/mol. The Kier molecular flexibility index (Phi) is 7.03. The maximum absolute atomic E-state index is 12.9. The van der Waals surface area contributed by atoms with Crippen LogP contribution in [0.1, 0.15) is 39.2 Å². The Balaban J connectivity index is 2.09. The molecule has 0 aliphatic carbocycles. The number of ether oxygens (including phenoxy) is 1. The van der Waals surface area contributed by atoms with Gasteiger partial charge < -0.3 is 9.84 Å². The summed E-state index contributed by atoms with van der Waals surface area (Å²) < 4.78 is 20.4. The van der Waals surface area contributed by atoms with E-state index >= 15 is 0 Å². The minimum absolute atomic E-state index is 0.0778. The summed E-state index contributed by atoms with van der Waals surface area (Å²) in [6.45, 7) is 7.14. The molecular weight excluding hydrogens is 425 g/mol. The van der Waals surface area contributed by atoms with Gasteiger partial charge in [-0.15, -0.1) is 0 Å². The van der Waals surface area contributed by atoms with Gasteiger partial charge in [0.1, 0.15) is 11.0 Å². The molecule has 1 saturated heterocycles. The van der Waals surface area contributed by atoms with Crippen molar-refractivity contribution in [3.8, 4) is 0 Å². The van der Waals surface area contributed by atoms with Gasteiger partial charge in [0.05, 0.1) is 14.8 Å². The number of rotatable bonds is 5. The Hall–Kier alpha value is -0.0200. The predicted octanol–water partition coefficient (Wildman–Crippen LogP) is 3.25. The average Bonchev–Trinajstić information content (AvgIpc) is 2.49. The second-order valence-electron chi connectivity index (χ2n) is 6.91. The number of benzene rings is 1. The summed E-state index contributed by atoms with van der Waals surface area (Å²) in [5, 5.41) is 9.93. The number of hydrogen-bond donors (Lipinski definition) is 1. The summed E-state index contributed by atoms with van der Waals surface area (Å²) in [5.74, 6) is 0. The average molecular weight is 451 g/mol. The first-order valence-electron chi connectivity index (χ1n) is 7.96. The topological polar surface area (TPSA) is 49.8 Å². The zero-order chi connectivity index (χ0) is 17.0. The van der Waals surface area contributed by atoms with Gasteiger partial charge >= 0.3 is 0 Å². The van der Waals surface area contributed by atoms with Crippen LogP contribution in [-0.2, 0) is 22.3 Å². The van der Waals surface area contributed by atoms with E-state index in [9.17, 15) is 9.32 Å². The summed E-state index contributed by atoms with van der Waals surface area (Å²) >= 11 is 2.22. The van der Waals surface area contributed by atoms with Crippen LogP contribution < -0.4 is 0 Å². The summed E-state index contributed by atoms with van der Waals surface area (Å²) in [7, 11) is -1.13. The molecule has 1 aromatic carbocycles. The Bertz CT molecular complexity index is 520. The molecule has 2 rings (SSSR count). The van der Waals surface area contributed by atoms with Crippen molar-refractivity contribution in [3.63, 3.8) is 0 Å². The van der Waals surface area contributed by atoms with Crippen LogP contribution >= 0.6 is 22.6 Å². The molecule has 4 unspecified atom stereocenters. The van der Waals surface area contributed by atoms with Crippen LogP contribution in [0.15, 0.2) is 30.3 Å². The van der Waals surface area contributed by atoms with Gasteiger partial charge in [0.2, 0.25) is 0 Å². The van der Waals surface area contributed by atoms with Crippen molar-refractivity contribution in [1.82, 2.24) is 4.31 Å². The lowest BCUT2D eigenvalue weighted by Crippen LogP contribution is -2.45. The Morgan fingerprint density at radius 3 is 2.52 bits per heavy atom. The standard InChI is InChI=1S/C17H26INO3S/c1-17(2,3)23(21)19(11-13-7-5-4-6-8-13)12-14-9-10-15(18)16(20)22-14/h4-8,14-16,20H,9-12H2,1-3H3. The molecule has 1 aliphatic rings. The zero-order valence-corrected chi connectivity index (χ0v) is 16.9. The molecule has 0 aromatic heterocycles. The van der Waals surface area contributed by atoms with E-state index in [0.29, 0.717) is 13.1 Å². The van der Waals surface area contributed by atoms with Crippen LogP contribution in [0.4, 0.5) is 0 Å². The van der Waals surface area contributed by atoms with E-state index in [4.69, 9.17) is 4.74 Å². The predicted molar refractivity (Wildman–Crippen MR) is 103 cm³/mol. The molecule has 0 saturated carbocycles. The molecule has 0 bridgehead atoms. The smallest absolute Gasteiger partial charge is 0.166 e. The lowest BCUT2D eigenvalue weighted by atomic mass is 10.1. The summed E-state index contributed by atoms with van der Waals surface area (Å²) in [5.41, 5.74) is 1.13. The summed E-state index contributed by atoms with van der Waals surface area (Å²) in [6, 6.07) is 10.1. The van der Waals surface area contributed by atoms with Gasteiger partial charge in [-0.1, -0.05) is 52.9 Å². The molecule has 0 spiro atoms. The molecule has 4 nitrogen and oxygen atoms in total. The van der Waals surface area contributed by atoms with Gasteiger partial charge in [-0.25, -0.2) is 8.51 Å². The molecule has 1 fully saturated rings. The van der Waals surface area contributed by atoms with Crippen LogP contribution in [0.5, 0.6) is 0 Å². The molecule has 0 radical (unpaired) electrons. The molecule has 1 N–H and O–H groups in total. The highest BCUT2D eigenvalue weighted by atomic mass is 127. The van der Waals surface area contributed by atoms with Crippen molar-refractivity contribution in [3.05, 3.63) is 35.9 Å². The van der Waals surface area contributed by atoms with Crippen molar-refractivity contribution >= 4 is 33.6 Å². The van der Waals surface area contributed by atoms with Crippen LogP contribution in [-0.4, -0.2) is 41.2 Å². The maximum Gasteiger partial charge on any atom is 0.166 e. The van der Waals surface area contributed by atoms with Gasteiger partial charge in [-0.3, -0.25) is 0 Å². The Morgan fingerprint density at radius 2 is 1.96 bits per heavy atom. The van der Waals surface area contributed by atoms with Crippen molar-refractivity contribution in [2.45, 2.75) is 61.2 Å². The number of halogens is 1. The number of hydrogen-bond acceptors (Lipinski definition) is 3. The molecule has 4 atom stereocenters. The van der Waals surface area contributed by atoms with Crippen LogP contribution in [0.3, 0.4) is 0 Å². The highest BCUT2D eigenvalue weighted by molar-refractivity contribution is 14.1. The fourth-order valence-electron chi connectivity index (χ4n) is 2.56. The van der Waals surface area contributed by atoms with Crippen molar-refractivity contribution < 1.29 is 14.1 Å².